The van der Waals surface area contributed by atoms with Crippen LogP contribution in [0, 0.1) is 0 Å². The SMILES string of the molecule is CN(Cc1ccccn1)c1cccc2c1C(=O)N(C1CCC(=O)NC1=O)C2=O. The third kappa shape index (κ3) is 2.92. The Hall–Kier alpha value is -3.55. The molecule has 28 heavy (non-hydrogen) atoms. The zero-order chi connectivity index (χ0) is 19.8. The van der Waals surface area contributed by atoms with Crippen LogP contribution in [0.15, 0.2) is 42.6 Å². The Bertz CT molecular complexity index is 989. The molecule has 2 aromatic rings. The van der Waals surface area contributed by atoms with Gasteiger partial charge in [-0.25, -0.2) is 0 Å². The van der Waals surface area contributed by atoms with Crippen LogP contribution in [-0.4, -0.2) is 46.6 Å². The molecule has 1 unspecified atom stereocenters. The fraction of sp³-hybridized carbons (Fsp3) is 0.250. The number of carbonyl (C=O) groups is 4. The predicted molar refractivity (Wildman–Crippen MR) is 99.5 cm³/mol. The second-order valence-electron chi connectivity index (χ2n) is 6.82. The lowest BCUT2D eigenvalue weighted by atomic mass is 10.0. The molecule has 8 heteroatoms. The van der Waals surface area contributed by atoms with Gasteiger partial charge in [0.1, 0.15) is 6.04 Å². The van der Waals surface area contributed by atoms with Crippen LogP contribution in [-0.2, 0) is 16.1 Å². The maximum atomic E-state index is 13.1. The largest absolute Gasteiger partial charge is 0.368 e. The van der Waals surface area contributed by atoms with Crippen molar-refractivity contribution < 1.29 is 19.2 Å². The number of imide groups is 2. The second kappa shape index (κ2) is 6.88. The van der Waals surface area contributed by atoms with Crippen molar-refractivity contribution in [3.63, 3.8) is 0 Å². The van der Waals surface area contributed by atoms with E-state index in [2.05, 4.69) is 10.3 Å². The summed E-state index contributed by atoms with van der Waals surface area (Å²) in [6.45, 7) is 0.456. The fourth-order valence-corrected chi connectivity index (χ4v) is 3.64. The van der Waals surface area contributed by atoms with E-state index in [1.54, 1.807) is 24.4 Å². The van der Waals surface area contributed by atoms with Crippen molar-refractivity contribution >= 4 is 29.3 Å². The molecule has 0 aliphatic carbocycles. The van der Waals surface area contributed by atoms with Crippen molar-refractivity contribution in [1.82, 2.24) is 15.2 Å². The molecular weight excluding hydrogens is 360 g/mol. The third-order valence-corrected chi connectivity index (χ3v) is 4.98. The standard InChI is InChI=1S/C20H18N4O4/c1-23(11-12-5-2-3-10-21-12)14-7-4-6-13-17(14)20(28)24(19(13)27)15-8-9-16(25)22-18(15)26/h2-7,10,15H,8-9,11H2,1H3,(H,22,25,26). The van der Waals surface area contributed by atoms with E-state index >= 15 is 0 Å². The number of nitrogens with zero attached hydrogens (tertiary/aromatic N) is 3. The Labute approximate surface area is 161 Å². The molecule has 8 nitrogen and oxygen atoms in total. The molecular formula is C20H18N4O4. The highest BCUT2D eigenvalue weighted by atomic mass is 16.2. The minimum Gasteiger partial charge on any atom is -0.368 e. The van der Waals surface area contributed by atoms with Crippen molar-refractivity contribution in [2.75, 3.05) is 11.9 Å². The zero-order valence-electron chi connectivity index (χ0n) is 15.2. The van der Waals surface area contributed by atoms with Crippen molar-refractivity contribution in [1.29, 1.82) is 0 Å². The average molecular weight is 378 g/mol. The van der Waals surface area contributed by atoms with Crippen LogP contribution >= 0.6 is 0 Å². The van der Waals surface area contributed by atoms with Gasteiger partial charge in [-0.1, -0.05) is 12.1 Å². The highest BCUT2D eigenvalue weighted by Crippen LogP contribution is 2.34. The lowest BCUT2D eigenvalue weighted by Crippen LogP contribution is -2.54. The van der Waals surface area contributed by atoms with E-state index < -0.39 is 29.7 Å². The molecule has 2 aliphatic rings. The summed E-state index contributed by atoms with van der Waals surface area (Å²) in [5.74, 6) is -2.04. The van der Waals surface area contributed by atoms with E-state index in [0.717, 1.165) is 10.6 Å². The topological polar surface area (TPSA) is 99.7 Å². The number of nitrogens with one attached hydrogen (secondary N) is 1. The van der Waals surface area contributed by atoms with Crippen LogP contribution in [0.25, 0.3) is 0 Å². The van der Waals surface area contributed by atoms with Gasteiger partial charge in [-0.05, 0) is 30.7 Å². The number of benzene rings is 1. The van der Waals surface area contributed by atoms with E-state index in [-0.39, 0.29) is 24.0 Å². The summed E-state index contributed by atoms with van der Waals surface area (Å²) in [5, 5.41) is 2.20. The van der Waals surface area contributed by atoms with Gasteiger partial charge in [0, 0.05) is 19.7 Å². The number of hydrogen-bond acceptors (Lipinski definition) is 6. The maximum absolute atomic E-state index is 13.1. The summed E-state index contributed by atoms with van der Waals surface area (Å²) in [7, 11) is 1.82. The van der Waals surface area contributed by atoms with Crippen LogP contribution < -0.4 is 10.2 Å². The number of piperidine rings is 1. The summed E-state index contributed by atoms with van der Waals surface area (Å²) in [4.78, 5) is 56.7. The summed E-state index contributed by atoms with van der Waals surface area (Å²) >= 11 is 0. The lowest BCUT2D eigenvalue weighted by Gasteiger charge is -2.28. The Morgan fingerprint density at radius 2 is 1.93 bits per heavy atom. The number of pyridine rings is 1. The van der Waals surface area contributed by atoms with Gasteiger partial charge in [0.15, 0.2) is 0 Å². The minimum atomic E-state index is -0.973. The minimum absolute atomic E-state index is 0.0935. The maximum Gasteiger partial charge on any atom is 0.264 e. The highest BCUT2D eigenvalue weighted by molar-refractivity contribution is 6.25. The summed E-state index contributed by atoms with van der Waals surface area (Å²) in [6, 6.07) is 9.67. The first-order valence-corrected chi connectivity index (χ1v) is 8.93. The van der Waals surface area contributed by atoms with Gasteiger partial charge in [-0.3, -0.25) is 34.4 Å². The molecule has 142 valence electrons. The molecule has 1 aromatic heterocycles. The normalized spacial score (nSPS) is 18.9. The predicted octanol–water partition coefficient (Wildman–Crippen LogP) is 1.12. The quantitative estimate of drug-likeness (QED) is 0.801. The molecule has 2 aliphatic heterocycles. The van der Waals surface area contributed by atoms with Gasteiger partial charge in [0.05, 0.1) is 29.1 Å². The molecule has 1 saturated heterocycles. The van der Waals surface area contributed by atoms with Crippen LogP contribution in [0.5, 0.6) is 0 Å². The van der Waals surface area contributed by atoms with Crippen molar-refractivity contribution in [2.45, 2.75) is 25.4 Å². The first-order valence-electron chi connectivity index (χ1n) is 8.93. The van der Waals surface area contributed by atoms with Crippen molar-refractivity contribution in [3.8, 4) is 0 Å². The molecule has 0 bridgehead atoms. The van der Waals surface area contributed by atoms with Crippen molar-refractivity contribution in [2.24, 2.45) is 0 Å². The summed E-state index contributed by atoms with van der Waals surface area (Å²) in [6.07, 6.45) is 1.92. The number of carbonyl (C=O) groups excluding carboxylic acids is 4. The third-order valence-electron chi connectivity index (χ3n) is 4.98. The van der Waals surface area contributed by atoms with Gasteiger partial charge in [-0.15, -0.1) is 0 Å². The first-order chi connectivity index (χ1) is 13.5. The van der Waals surface area contributed by atoms with Gasteiger partial charge >= 0.3 is 0 Å². The number of fused-ring (bicyclic) bond motifs is 1. The van der Waals surface area contributed by atoms with E-state index in [9.17, 15) is 19.2 Å². The van der Waals surface area contributed by atoms with Crippen molar-refractivity contribution in [3.05, 3.63) is 59.4 Å². The fourth-order valence-electron chi connectivity index (χ4n) is 3.64. The molecule has 1 aromatic carbocycles. The van der Waals surface area contributed by atoms with Crippen LogP contribution in [0.3, 0.4) is 0 Å². The average Bonchev–Trinajstić information content (AvgIpc) is 2.94. The lowest BCUT2D eigenvalue weighted by molar-refractivity contribution is -0.136. The number of amides is 4. The van der Waals surface area contributed by atoms with E-state index in [0.29, 0.717) is 12.2 Å². The Balaban J connectivity index is 1.66. The summed E-state index contributed by atoms with van der Waals surface area (Å²) < 4.78 is 0. The number of hydrogen-bond donors (Lipinski definition) is 1. The van der Waals surface area contributed by atoms with Crippen LogP contribution in [0.1, 0.15) is 39.3 Å². The molecule has 1 atom stereocenters. The Kier molecular flexibility index (Phi) is 4.38. The zero-order valence-corrected chi connectivity index (χ0v) is 15.2. The Morgan fingerprint density at radius 1 is 1.11 bits per heavy atom. The van der Waals surface area contributed by atoms with E-state index in [1.807, 2.05) is 30.1 Å². The monoisotopic (exact) mass is 378 g/mol. The molecule has 0 spiro atoms. The van der Waals surface area contributed by atoms with Gasteiger partial charge < -0.3 is 4.90 Å². The van der Waals surface area contributed by atoms with Crippen LogP contribution in [0.2, 0.25) is 0 Å². The molecule has 0 radical (unpaired) electrons. The first kappa shape index (κ1) is 17.8. The van der Waals surface area contributed by atoms with E-state index in [1.165, 1.54) is 0 Å². The number of anilines is 1. The van der Waals surface area contributed by atoms with Gasteiger partial charge in [0.2, 0.25) is 11.8 Å². The number of aromatic nitrogens is 1. The second-order valence-corrected chi connectivity index (χ2v) is 6.82. The molecule has 4 amide bonds. The Morgan fingerprint density at radius 3 is 2.64 bits per heavy atom. The molecule has 0 saturated carbocycles. The smallest absolute Gasteiger partial charge is 0.264 e. The molecule has 3 heterocycles. The highest BCUT2D eigenvalue weighted by Gasteiger charge is 2.45. The molecule has 4 rings (SSSR count). The molecule has 1 N–H and O–H groups in total. The molecule has 1 fully saturated rings. The van der Waals surface area contributed by atoms with Gasteiger partial charge in [0.25, 0.3) is 11.8 Å². The van der Waals surface area contributed by atoms with E-state index in [4.69, 9.17) is 0 Å². The van der Waals surface area contributed by atoms with Crippen LogP contribution in [0.4, 0.5) is 5.69 Å². The summed E-state index contributed by atoms with van der Waals surface area (Å²) in [5.41, 5.74) is 1.95. The van der Waals surface area contributed by atoms with Gasteiger partial charge in [-0.2, -0.15) is 0 Å². The number of rotatable bonds is 4.